The molecule has 0 unspecified atom stereocenters. The van der Waals surface area contributed by atoms with E-state index in [1.165, 1.54) is 18.2 Å². The predicted molar refractivity (Wildman–Crippen MR) is 72.1 cm³/mol. The maximum atomic E-state index is 12.1. The van der Waals surface area contributed by atoms with Crippen LogP contribution < -0.4 is 4.72 Å². The fraction of sp³-hybridized carbons (Fsp3) is 0.500. The summed E-state index contributed by atoms with van der Waals surface area (Å²) in [6.07, 6.45) is 1.46. The smallest absolute Gasteiger partial charge is 0.240 e. The molecule has 2 N–H and O–H groups in total. The molecule has 0 bridgehead atoms. The van der Waals surface area contributed by atoms with Crippen LogP contribution in [0.2, 0.25) is 5.02 Å². The van der Waals surface area contributed by atoms with Gasteiger partial charge >= 0.3 is 0 Å². The molecular weight excluding hydrogens is 274 g/mol. The minimum Gasteiger partial charge on any atom is -0.392 e. The van der Waals surface area contributed by atoms with Crippen LogP contribution in [0, 0.1) is 0 Å². The number of rotatable bonds is 6. The largest absolute Gasteiger partial charge is 0.392 e. The van der Waals surface area contributed by atoms with Gasteiger partial charge in [0.2, 0.25) is 10.0 Å². The first-order valence-electron chi connectivity index (χ1n) is 5.86. The first-order valence-corrected chi connectivity index (χ1v) is 7.72. The highest BCUT2D eigenvalue weighted by atomic mass is 35.5. The zero-order valence-corrected chi connectivity index (χ0v) is 12.1. The highest BCUT2D eigenvalue weighted by molar-refractivity contribution is 7.89. The van der Waals surface area contributed by atoms with E-state index in [4.69, 9.17) is 16.7 Å². The van der Waals surface area contributed by atoms with Gasteiger partial charge in [0.25, 0.3) is 0 Å². The van der Waals surface area contributed by atoms with Crippen LogP contribution in [-0.4, -0.2) is 19.6 Å². The quantitative estimate of drug-likeness (QED) is 0.845. The Bertz CT molecular complexity index is 498. The molecule has 0 aliphatic heterocycles. The van der Waals surface area contributed by atoms with Gasteiger partial charge in [-0.05, 0) is 36.6 Å². The van der Waals surface area contributed by atoms with Crippen molar-refractivity contribution in [3.63, 3.8) is 0 Å². The molecule has 6 heteroatoms. The van der Waals surface area contributed by atoms with E-state index in [9.17, 15) is 8.42 Å². The third-order valence-corrected chi connectivity index (χ3v) is 4.69. The van der Waals surface area contributed by atoms with Crippen molar-refractivity contribution in [2.45, 2.75) is 44.2 Å². The summed E-state index contributed by atoms with van der Waals surface area (Å²) in [5, 5.41) is 9.44. The number of hydrogen-bond donors (Lipinski definition) is 2. The molecule has 18 heavy (non-hydrogen) atoms. The summed E-state index contributed by atoms with van der Waals surface area (Å²) >= 11 is 5.83. The molecule has 0 radical (unpaired) electrons. The fourth-order valence-electron chi connectivity index (χ4n) is 1.58. The molecule has 0 aliphatic carbocycles. The van der Waals surface area contributed by atoms with Crippen molar-refractivity contribution in [1.82, 2.24) is 4.72 Å². The normalized spacial score (nSPS) is 12.1. The van der Waals surface area contributed by atoms with E-state index in [-0.39, 0.29) is 17.5 Å². The minimum atomic E-state index is -3.55. The SMILES string of the molecule is CCC(CC)NS(=O)(=O)c1ccc(Cl)c(CO)c1. The van der Waals surface area contributed by atoms with E-state index in [0.29, 0.717) is 10.6 Å². The number of halogens is 1. The van der Waals surface area contributed by atoms with Gasteiger partial charge in [0.1, 0.15) is 0 Å². The van der Waals surface area contributed by atoms with E-state index in [1.807, 2.05) is 13.8 Å². The molecule has 1 aromatic carbocycles. The minimum absolute atomic E-state index is 0.0803. The van der Waals surface area contributed by atoms with Crippen LogP contribution in [0.3, 0.4) is 0 Å². The monoisotopic (exact) mass is 291 g/mol. The van der Waals surface area contributed by atoms with Crippen molar-refractivity contribution in [3.05, 3.63) is 28.8 Å². The van der Waals surface area contributed by atoms with Crippen molar-refractivity contribution in [2.75, 3.05) is 0 Å². The molecule has 4 nitrogen and oxygen atoms in total. The zero-order valence-electron chi connectivity index (χ0n) is 10.5. The molecule has 1 aromatic rings. The number of aliphatic hydroxyl groups excluding tert-OH is 1. The number of aliphatic hydroxyl groups is 1. The van der Waals surface area contributed by atoms with Gasteiger partial charge in [-0.3, -0.25) is 0 Å². The third kappa shape index (κ3) is 3.68. The van der Waals surface area contributed by atoms with Crippen LogP contribution >= 0.6 is 11.6 Å². The molecule has 102 valence electrons. The highest BCUT2D eigenvalue weighted by Gasteiger charge is 2.18. The van der Waals surface area contributed by atoms with Crippen molar-refractivity contribution in [1.29, 1.82) is 0 Å². The van der Waals surface area contributed by atoms with Gasteiger partial charge in [-0.15, -0.1) is 0 Å². The Morgan fingerprint density at radius 3 is 2.44 bits per heavy atom. The molecule has 0 amide bonds. The summed E-state index contributed by atoms with van der Waals surface area (Å²) in [7, 11) is -3.55. The van der Waals surface area contributed by atoms with E-state index in [1.54, 1.807) is 0 Å². The molecule has 1 rings (SSSR count). The summed E-state index contributed by atoms with van der Waals surface area (Å²) in [5.41, 5.74) is 0.407. The molecule has 0 saturated carbocycles. The molecule has 0 aromatic heterocycles. The van der Waals surface area contributed by atoms with Gasteiger partial charge in [0, 0.05) is 11.1 Å². The maximum Gasteiger partial charge on any atom is 0.240 e. The van der Waals surface area contributed by atoms with E-state index in [2.05, 4.69) is 4.72 Å². The van der Waals surface area contributed by atoms with Gasteiger partial charge in [0.05, 0.1) is 11.5 Å². The van der Waals surface area contributed by atoms with Crippen LogP contribution in [0.4, 0.5) is 0 Å². The Morgan fingerprint density at radius 1 is 1.33 bits per heavy atom. The highest BCUT2D eigenvalue weighted by Crippen LogP contribution is 2.20. The Balaban J connectivity index is 3.05. The number of hydrogen-bond acceptors (Lipinski definition) is 3. The number of benzene rings is 1. The molecular formula is C12H18ClNO3S. The lowest BCUT2D eigenvalue weighted by Crippen LogP contribution is -2.33. The zero-order chi connectivity index (χ0) is 13.8. The second-order valence-corrected chi connectivity index (χ2v) is 6.17. The van der Waals surface area contributed by atoms with Crippen LogP contribution in [-0.2, 0) is 16.6 Å². The van der Waals surface area contributed by atoms with Crippen LogP contribution in [0.1, 0.15) is 32.3 Å². The Hall–Kier alpha value is -0.620. The lowest BCUT2D eigenvalue weighted by atomic mass is 10.2. The van der Waals surface area contributed by atoms with Crippen molar-refractivity contribution < 1.29 is 13.5 Å². The van der Waals surface area contributed by atoms with Crippen molar-refractivity contribution in [3.8, 4) is 0 Å². The lowest BCUT2D eigenvalue weighted by molar-refractivity contribution is 0.281. The van der Waals surface area contributed by atoms with Gasteiger partial charge in [-0.1, -0.05) is 25.4 Å². The van der Waals surface area contributed by atoms with E-state index >= 15 is 0 Å². The topological polar surface area (TPSA) is 66.4 Å². The van der Waals surface area contributed by atoms with E-state index in [0.717, 1.165) is 12.8 Å². The number of sulfonamides is 1. The van der Waals surface area contributed by atoms with Gasteiger partial charge in [0.15, 0.2) is 0 Å². The Kier molecular flexibility index (Phi) is 5.59. The average molecular weight is 292 g/mol. The number of nitrogens with one attached hydrogen (secondary N) is 1. The van der Waals surface area contributed by atoms with Crippen LogP contribution in [0.15, 0.2) is 23.1 Å². The van der Waals surface area contributed by atoms with Crippen LogP contribution in [0.25, 0.3) is 0 Å². The van der Waals surface area contributed by atoms with Crippen LogP contribution in [0.5, 0.6) is 0 Å². The molecule has 0 atom stereocenters. The predicted octanol–water partition coefficient (Wildman–Crippen LogP) is 2.30. The molecule has 0 saturated heterocycles. The summed E-state index contributed by atoms with van der Waals surface area (Å²) in [4.78, 5) is 0.128. The molecule has 0 heterocycles. The summed E-state index contributed by atoms with van der Waals surface area (Å²) < 4.78 is 26.8. The fourth-order valence-corrected chi connectivity index (χ4v) is 3.21. The molecule has 0 aliphatic rings. The van der Waals surface area contributed by atoms with Gasteiger partial charge in [-0.2, -0.15) is 0 Å². The average Bonchev–Trinajstić information content (AvgIpc) is 2.36. The molecule has 0 spiro atoms. The van der Waals surface area contributed by atoms with Crippen molar-refractivity contribution >= 4 is 21.6 Å². The summed E-state index contributed by atoms with van der Waals surface area (Å²) in [6.45, 7) is 3.57. The first kappa shape index (κ1) is 15.4. The standard InChI is InChI=1S/C12H18ClNO3S/c1-3-10(4-2)14-18(16,17)11-5-6-12(13)9(7-11)8-15/h5-7,10,14-15H,3-4,8H2,1-2H3. The summed E-state index contributed by atoms with van der Waals surface area (Å²) in [5.74, 6) is 0. The van der Waals surface area contributed by atoms with Gasteiger partial charge < -0.3 is 5.11 Å². The first-order chi connectivity index (χ1) is 8.44. The third-order valence-electron chi connectivity index (χ3n) is 2.81. The Morgan fingerprint density at radius 2 is 1.94 bits per heavy atom. The van der Waals surface area contributed by atoms with Crippen molar-refractivity contribution in [2.24, 2.45) is 0 Å². The Labute approximate surface area is 113 Å². The van der Waals surface area contributed by atoms with E-state index < -0.39 is 10.0 Å². The van der Waals surface area contributed by atoms with Gasteiger partial charge in [-0.25, -0.2) is 13.1 Å². The molecule has 0 fully saturated rings. The summed E-state index contributed by atoms with van der Waals surface area (Å²) in [6, 6.07) is 4.23. The second-order valence-electron chi connectivity index (χ2n) is 4.05. The second kappa shape index (κ2) is 6.52. The lowest BCUT2D eigenvalue weighted by Gasteiger charge is -2.15. The maximum absolute atomic E-state index is 12.1.